The van der Waals surface area contributed by atoms with Gasteiger partial charge >= 0.3 is 0 Å². The Morgan fingerprint density at radius 3 is 2.63 bits per heavy atom. The van der Waals surface area contributed by atoms with Gasteiger partial charge in [-0.25, -0.2) is 9.97 Å². The molecular weight excluding hydrogens is 272 g/mol. The predicted molar refractivity (Wildman–Crippen MR) is 83.8 cm³/mol. The van der Waals surface area contributed by atoms with Gasteiger partial charge in [0.2, 0.25) is 0 Å². The summed E-state index contributed by atoms with van der Waals surface area (Å²) in [7, 11) is 0. The van der Waals surface area contributed by atoms with Crippen molar-refractivity contribution in [2.24, 2.45) is 0 Å². The molecule has 4 heteroatoms. The van der Waals surface area contributed by atoms with Gasteiger partial charge in [-0.05, 0) is 5.56 Å². The van der Waals surface area contributed by atoms with E-state index < -0.39 is 0 Å². The average molecular weight is 286 g/mol. The molecule has 2 aromatic heterocycles. The molecule has 19 heavy (non-hydrogen) atoms. The van der Waals surface area contributed by atoms with E-state index in [2.05, 4.69) is 53.5 Å². The molecule has 0 spiro atoms. The molecule has 0 unspecified atom stereocenters. The van der Waals surface area contributed by atoms with Crippen LogP contribution in [0.3, 0.4) is 0 Å². The van der Waals surface area contributed by atoms with Gasteiger partial charge in [0.25, 0.3) is 0 Å². The van der Waals surface area contributed by atoms with Crippen molar-refractivity contribution >= 4 is 33.3 Å². The first-order valence-electron chi connectivity index (χ1n) is 6.20. The summed E-state index contributed by atoms with van der Waals surface area (Å²) in [5.74, 6) is 0. The molecule has 0 bridgehead atoms. The van der Waals surface area contributed by atoms with Crippen LogP contribution < -0.4 is 0 Å². The molecule has 0 aliphatic heterocycles. The molecule has 0 atom stereocenters. The molecule has 3 rings (SSSR count). The summed E-state index contributed by atoms with van der Waals surface area (Å²) in [4.78, 5) is 9.92. The van der Waals surface area contributed by atoms with Crippen LogP contribution in [0, 0.1) is 0 Å². The first-order chi connectivity index (χ1) is 9.25. The van der Waals surface area contributed by atoms with E-state index in [0.717, 1.165) is 9.86 Å². The molecule has 0 aliphatic rings. The standard InChI is InChI=1S/C15H14N2S2/c1-10(2)19-15-13-12(11-6-4-3-5-7-11)8-18-14(13)16-9-17-15/h3-10H,1-2H3. The Kier molecular flexibility index (Phi) is 3.53. The van der Waals surface area contributed by atoms with Crippen LogP contribution in [0.1, 0.15) is 13.8 Å². The fourth-order valence-electron chi connectivity index (χ4n) is 1.99. The lowest BCUT2D eigenvalue weighted by Gasteiger charge is -2.07. The maximum Gasteiger partial charge on any atom is 0.128 e. The van der Waals surface area contributed by atoms with Gasteiger partial charge in [-0.2, -0.15) is 0 Å². The Labute approximate surface area is 120 Å². The minimum atomic E-state index is 0.515. The van der Waals surface area contributed by atoms with E-state index in [-0.39, 0.29) is 0 Å². The minimum absolute atomic E-state index is 0.515. The van der Waals surface area contributed by atoms with Crippen LogP contribution in [0.4, 0.5) is 0 Å². The number of hydrogen-bond acceptors (Lipinski definition) is 4. The van der Waals surface area contributed by atoms with Crippen LogP contribution >= 0.6 is 23.1 Å². The Balaban J connectivity index is 2.21. The van der Waals surface area contributed by atoms with Crippen molar-refractivity contribution in [2.45, 2.75) is 24.1 Å². The lowest BCUT2D eigenvalue weighted by molar-refractivity contribution is 1.07. The number of rotatable bonds is 3. The molecule has 0 aliphatic carbocycles. The fourth-order valence-corrected chi connectivity index (χ4v) is 3.85. The maximum absolute atomic E-state index is 4.46. The SMILES string of the molecule is CC(C)Sc1ncnc2scc(-c3ccccc3)c12. The van der Waals surface area contributed by atoms with Crippen molar-refractivity contribution in [3.05, 3.63) is 42.0 Å². The van der Waals surface area contributed by atoms with Gasteiger partial charge in [0.1, 0.15) is 16.2 Å². The third-order valence-corrected chi connectivity index (χ3v) is 4.66. The van der Waals surface area contributed by atoms with Crippen molar-refractivity contribution in [1.29, 1.82) is 0 Å². The summed E-state index contributed by atoms with van der Waals surface area (Å²) in [5, 5.41) is 4.97. The quantitative estimate of drug-likeness (QED) is 0.508. The van der Waals surface area contributed by atoms with Gasteiger partial charge in [-0.15, -0.1) is 23.1 Å². The van der Waals surface area contributed by atoms with Crippen LogP contribution in [0.5, 0.6) is 0 Å². The van der Waals surface area contributed by atoms with E-state index in [1.165, 1.54) is 16.5 Å². The van der Waals surface area contributed by atoms with Crippen molar-refractivity contribution in [1.82, 2.24) is 9.97 Å². The Morgan fingerprint density at radius 2 is 1.89 bits per heavy atom. The molecule has 2 nitrogen and oxygen atoms in total. The summed E-state index contributed by atoms with van der Waals surface area (Å²) < 4.78 is 0. The summed E-state index contributed by atoms with van der Waals surface area (Å²) >= 11 is 3.48. The summed E-state index contributed by atoms with van der Waals surface area (Å²) in [6.45, 7) is 4.38. The van der Waals surface area contributed by atoms with Crippen LogP contribution in [0.15, 0.2) is 47.1 Å². The Hall–Kier alpha value is -1.39. The van der Waals surface area contributed by atoms with Gasteiger partial charge in [0, 0.05) is 16.2 Å². The molecule has 3 aromatic rings. The smallest absolute Gasteiger partial charge is 0.128 e. The molecule has 0 saturated heterocycles. The molecule has 0 radical (unpaired) electrons. The van der Waals surface area contributed by atoms with E-state index in [0.29, 0.717) is 5.25 Å². The highest BCUT2D eigenvalue weighted by Crippen LogP contribution is 2.38. The number of thioether (sulfide) groups is 1. The largest absolute Gasteiger partial charge is 0.229 e. The molecule has 2 heterocycles. The predicted octanol–water partition coefficient (Wildman–Crippen LogP) is 4.86. The molecule has 96 valence electrons. The van der Waals surface area contributed by atoms with E-state index in [1.807, 2.05) is 6.07 Å². The van der Waals surface area contributed by atoms with Crippen LogP contribution in [-0.2, 0) is 0 Å². The van der Waals surface area contributed by atoms with Gasteiger partial charge in [0.05, 0.1) is 5.39 Å². The van der Waals surface area contributed by atoms with Gasteiger partial charge in [-0.1, -0.05) is 44.2 Å². The summed E-state index contributed by atoms with van der Waals surface area (Å²) in [6.07, 6.45) is 1.66. The molecular formula is C15H14N2S2. The number of benzene rings is 1. The van der Waals surface area contributed by atoms with E-state index in [4.69, 9.17) is 0 Å². The number of fused-ring (bicyclic) bond motifs is 1. The van der Waals surface area contributed by atoms with Gasteiger partial charge in [0.15, 0.2) is 0 Å². The molecule has 0 fully saturated rings. The molecule has 1 aromatic carbocycles. The third-order valence-electron chi connectivity index (χ3n) is 2.77. The Morgan fingerprint density at radius 1 is 1.11 bits per heavy atom. The zero-order valence-electron chi connectivity index (χ0n) is 10.8. The summed E-state index contributed by atoms with van der Waals surface area (Å²) in [5.41, 5.74) is 2.47. The van der Waals surface area contributed by atoms with Crippen LogP contribution in [0.25, 0.3) is 21.3 Å². The lowest BCUT2D eigenvalue weighted by Crippen LogP contribution is -1.91. The lowest BCUT2D eigenvalue weighted by atomic mass is 10.1. The highest BCUT2D eigenvalue weighted by Gasteiger charge is 2.13. The minimum Gasteiger partial charge on any atom is -0.229 e. The third kappa shape index (κ3) is 2.51. The average Bonchev–Trinajstić information content (AvgIpc) is 2.84. The Bertz CT molecular complexity index is 690. The zero-order chi connectivity index (χ0) is 13.2. The van der Waals surface area contributed by atoms with E-state index >= 15 is 0 Å². The summed E-state index contributed by atoms with van der Waals surface area (Å²) in [6, 6.07) is 10.4. The van der Waals surface area contributed by atoms with Crippen molar-refractivity contribution in [3.63, 3.8) is 0 Å². The van der Waals surface area contributed by atoms with E-state index in [1.54, 1.807) is 29.4 Å². The van der Waals surface area contributed by atoms with Gasteiger partial charge in [-0.3, -0.25) is 0 Å². The fraction of sp³-hybridized carbons (Fsp3) is 0.200. The highest BCUT2D eigenvalue weighted by molar-refractivity contribution is 8.00. The second-order valence-corrected chi connectivity index (χ2v) is 6.96. The first-order valence-corrected chi connectivity index (χ1v) is 7.96. The van der Waals surface area contributed by atoms with Gasteiger partial charge < -0.3 is 0 Å². The number of nitrogens with zero attached hydrogens (tertiary/aromatic N) is 2. The number of hydrogen-bond donors (Lipinski definition) is 0. The second-order valence-electron chi connectivity index (χ2n) is 4.54. The topological polar surface area (TPSA) is 25.8 Å². The second kappa shape index (κ2) is 5.31. The molecule has 0 N–H and O–H groups in total. The number of thiophene rings is 1. The monoisotopic (exact) mass is 286 g/mol. The zero-order valence-corrected chi connectivity index (χ0v) is 12.5. The maximum atomic E-state index is 4.46. The number of aromatic nitrogens is 2. The highest BCUT2D eigenvalue weighted by atomic mass is 32.2. The molecule has 0 amide bonds. The van der Waals surface area contributed by atoms with Crippen LogP contribution in [-0.4, -0.2) is 15.2 Å². The molecule has 0 saturated carbocycles. The first kappa shape index (κ1) is 12.6. The van der Waals surface area contributed by atoms with Crippen molar-refractivity contribution < 1.29 is 0 Å². The van der Waals surface area contributed by atoms with Crippen molar-refractivity contribution in [3.8, 4) is 11.1 Å². The van der Waals surface area contributed by atoms with Crippen molar-refractivity contribution in [2.75, 3.05) is 0 Å². The normalized spacial score (nSPS) is 11.3. The van der Waals surface area contributed by atoms with E-state index in [9.17, 15) is 0 Å². The van der Waals surface area contributed by atoms with Crippen LogP contribution in [0.2, 0.25) is 0 Å².